The highest BCUT2D eigenvalue weighted by Crippen LogP contribution is 2.65. The van der Waals surface area contributed by atoms with Gasteiger partial charge < -0.3 is 0 Å². The quantitative estimate of drug-likeness (QED) is 0.438. The molecule has 0 heterocycles. The minimum Gasteiger partial charge on any atom is -0.295 e. The van der Waals surface area contributed by atoms with Gasteiger partial charge in [-0.3, -0.25) is 4.79 Å². The fourth-order valence-corrected chi connectivity index (χ4v) is 6.96. The van der Waals surface area contributed by atoms with E-state index in [9.17, 15) is 4.79 Å². The number of halogens is 1. The van der Waals surface area contributed by atoms with Gasteiger partial charge in [-0.25, -0.2) is 0 Å². The lowest BCUT2D eigenvalue weighted by atomic mass is 9.47. The van der Waals surface area contributed by atoms with Gasteiger partial charge >= 0.3 is 0 Å². The second-order valence-corrected chi connectivity index (χ2v) is 9.33. The normalized spacial score (nSPS) is 50.6. The lowest BCUT2D eigenvalue weighted by Crippen LogP contribution is -2.52. The topological polar surface area (TPSA) is 17.1 Å². The minimum absolute atomic E-state index is 0.0683. The third-order valence-electron chi connectivity index (χ3n) is 7.49. The van der Waals surface area contributed by atoms with Crippen LogP contribution in [0.3, 0.4) is 0 Å². The Morgan fingerprint density at radius 1 is 1.23 bits per heavy atom. The predicted octanol–water partition coefficient (Wildman–Crippen LogP) is 5.29. The summed E-state index contributed by atoms with van der Waals surface area (Å²) in [5, 5.41) is 0.0683. The average molecular weight is 319 g/mol. The van der Waals surface area contributed by atoms with E-state index in [-0.39, 0.29) is 16.6 Å². The number of hydrogen-bond acceptors (Lipinski definition) is 1. The molecule has 4 rings (SSSR count). The van der Waals surface area contributed by atoms with E-state index >= 15 is 0 Å². The first kappa shape index (κ1) is 15.0. The van der Waals surface area contributed by atoms with Crippen LogP contribution in [0.4, 0.5) is 0 Å². The van der Waals surface area contributed by atoms with E-state index in [1.54, 1.807) is 5.57 Å². The molecule has 2 fully saturated rings. The molecule has 22 heavy (non-hydrogen) atoms. The van der Waals surface area contributed by atoms with Crippen molar-refractivity contribution >= 4 is 17.4 Å². The highest BCUT2D eigenvalue weighted by atomic mass is 35.5. The van der Waals surface area contributed by atoms with E-state index in [4.69, 9.17) is 11.6 Å². The van der Waals surface area contributed by atoms with Gasteiger partial charge in [-0.1, -0.05) is 25.5 Å². The van der Waals surface area contributed by atoms with E-state index in [1.807, 2.05) is 6.08 Å². The van der Waals surface area contributed by atoms with Crippen molar-refractivity contribution in [3.05, 3.63) is 23.3 Å². The number of carbonyl (C=O) groups excluding carboxylic acids is 1. The molecule has 0 aromatic heterocycles. The van der Waals surface area contributed by atoms with Gasteiger partial charge in [0, 0.05) is 6.42 Å². The van der Waals surface area contributed by atoms with Crippen molar-refractivity contribution in [1.82, 2.24) is 0 Å². The van der Waals surface area contributed by atoms with E-state index in [2.05, 4.69) is 26.8 Å². The lowest BCUT2D eigenvalue weighted by molar-refractivity contribution is -0.117. The summed E-state index contributed by atoms with van der Waals surface area (Å²) in [6.07, 6.45) is 11.1. The van der Waals surface area contributed by atoms with Crippen LogP contribution in [0.2, 0.25) is 0 Å². The molecule has 4 aliphatic carbocycles. The fourth-order valence-electron chi connectivity index (χ4n) is 6.44. The standard InChI is InChI=1S/C20H27ClO/c1-12-8-16-14-10-18(21)17-9-13(22)4-7-20(17,3)15(14)5-6-19(16,2)11-12/h9,11,14-16,18H,4-8,10H2,1-3H3/t14-,15+,16+,18+,19-,20-/m1/s1. The molecule has 0 aromatic carbocycles. The third kappa shape index (κ3) is 1.94. The number of ketones is 1. The summed E-state index contributed by atoms with van der Waals surface area (Å²) < 4.78 is 0. The molecule has 4 aliphatic rings. The van der Waals surface area contributed by atoms with Gasteiger partial charge in [-0.2, -0.15) is 0 Å². The maximum atomic E-state index is 11.9. The Morgan fingerprint density at radius 2 is 2.00 bits per heavy atom. The summed E-state index contributed by atoms with van der Waals surface area (Å²) in [6.45, 7) is 7.16. The molecule has 0 spiro atoms. The Balaban J connectivity index is 1.73. The summed E-state index contributed by atoms with van der Waals surface area (Å²) >= 11 is 6.80. The molecule has 120 valence electrons. The van der Waals surface area contributed by atoms with Crippen LogP contribution >= 0.6 is 11.6 Å². The minimum atomic E-state index is 0.0683. The molecule has 0 unspecified atom stereocenters. The van der Waals surface area contributed by atoms with Crippen LogP contribution in [-0.2, 0) is 4.79 Å². The highest BCUT2D eigenvalue weighted by molar-refractivity contribution is 6.23. The Labute approximate surface area is 139 Å². The largest absolute Gasteiger partial charge is 0.295 e. The third-order valence-corrected chi connectivity index (χ3v) is 7.91. The fraction of sp³-hybridized carbons (Fsp3) is 0.750. The molecule has 6 atom stereocenters. The summed E-state index contributed by atoms with van der Waals surface area (Å²) in [4.78, 5) is 11.9. The van der Waals surface area contributed by atoms with Gasteiger partial charge in [0.25, 0.3) is 0 Å². The molecular weight excluding hydrogens is 292 g/mol. The van der Waals surface area contributed by atoms with Crippen LogP contribution in [0.15, 0.2) is 23.3 Å². The van der Waals surface area contributed by atoms with E-state index in [1.165, 1.54) is 24.8 Å². The van der Waals surface area contributed by atoms with Gasteiger partial charge in [-0.15, -0.1) is 11.6 Å². The molecule has 1 nitrogen and oxygen atoms in total. The number of carbonyl (C=O) groups is 1. The van der Waals surface area contributed by atoms with Gasteiger partial charge in [-0.05, 0) is 79.3 Å². The monoisotopic (exact) mass is 318 g/mol. The highest BCUT2D eigenvalue weighted by Gasteiger charge is 2.57. The Kier molecular flexibility index (Phi) is 3.22. The van der Waals surface area contributed by atoms with Crippen molar-refractivity contribution in [3.63, 3.8) is 0 Å². The molecule has 2 saturated carbocycles. The lowest BCUT2D eigenvalue weighted by Gasteiger charge is -2.58. The molecular formula is C20H27ClO. The summed E-state index contributed by atoms with van der Waals surface area (Å²) in [5.74, 6) is 2.50. The average Bonchev–Trinajstić information content (AvgIpc) is 2.76. The summed E-state index contributed by atoms with van der Waals surface area (Å²) in [6, 6.07) is 0. The van der Waals surface area contributed by atoms with Crippen LogP contribution in [0.5, 0.6) is 0 Å². The van der Waals surface area contributed by atoms with Crippen molar-refractivity contribution in [2.45, 2.75) is 64.7 Å². The molecule has 0 aliphatic heterocycles. The first-order chi connectivity index (χ1) is 10.3. The maximum Gasteiger partial charge on any atom is 0.155 e. The molecule has 0 bridgehead atoms. The second kappa shape index (κ2) is 4.72. The van der Waals surface area contributed by atoms with Crippen molar-refractivity contribution < 1.29 is 4.79 Å². The van der Waals surface area contributed by atoms with Crippen molar-refractivity contribution in [2.24, 2.45) is 28.6 Å². The predicted molar refractivity (Wildman–Crippen MR) is 90.9 cm³/mol. The number of alkyl halides is 1. The van der Waals surface area contributed by atoms with E-state index < -0.39 is 0 Å². The molecule has 2 heteroatoms. The van der Waals surface area contributed by atoms with Crippen LogP contribution in [0, 0.1) is 28.6 Å². The van der Waals surface area contributed by atoms with Gasteiger partial charge in [0.15, 0.2) is 5.78 Å². The van der Waals surface area contributed by atoms with Crippen molar-refractivity contribution in [2.75, 3.05) is 0 Å². The van der Waals surface area contributed by atoms with Crippen LogP contribution < -0.4 is 0 Å². The van der Waals surface area contributed by atoms with Crippen molar-refractivity contribution in [1.29, 1.82) is 0 Å². The molecule has 0 radical (unpaired) electrons. The number of fused-ring (bicyclic) bond motifs is 5. The van der Waals surface area contributed by atoms with Crippen LogP contribution in [0.1, 0.15) is 59.3 Å². The van der Waals surface area contributed by atoms with E-state index in [0.717, 1.165) is 30.6 Å². The zero-order valence-electron chi connectivity index (χ0n) is 14.0. The van der Waals surface area contributed by atoms with Gasteiger partial charge in [0.1, 0.15) is 0 Å². The maximum absolute atomic E-state index is 11.9. The summed E-state index contributed by atoms with van der Waals surface area (Å²) in [7, 11) is 0. The zero-order valence-corrected chi connectivity index (χ0v) is 14.7. The molecule has 0 aromatic rings. The first-order valence-corrected chi connectivity index (χ1v) is 9.34. The Morgan fingerprint density at radius 3 is 2.77 bits per heavy atom. The Hall–Kier alpha value is -0.560. The molecule has 0 saturated heterocycles. The number of rotatable bonds is 0. The number of allylic oxidation sites excluding steroid dienone is 4. The van der Waals surface area contributed by atoms with Crippen molar-refractivity contribution in [3.8, 4) is 0 Å². The van der Waals surface area contributed by atoms with Crippen LogP contribution in [-0.4, -0.2) is 11.2 Å². The van der Waals surface area contributed by atoms with Crippen LogP contribution in [0.25, 0.3) is 0 Å². The first-order valence-electron chi connectivity index (χ1n) is 8.91. The summed E-state index contributed by atoms with van der Waals surface area (Å²) in [5.41, 5.74) is 3.40. The number of hydrogen-bond donors (Lipinski definition) is 0. The second-order valence-electron chi connectivity index (χ2n) is 8.80. The zero-order chi connectivity index (χ0) is 15.7. The SMILES string of the molecule is CC1=C[C@@]2(C)CC[C@H]3[C@@H](C[C@H](Cl)C4=CC(=O)CC[C@@]43C)[C@@H]2C1. The smallest absolute Gasteiger partial charge is 0.155 e. The van der Waals surface area contributed by atoms with Gasteiger partial charge in [0.2, 0.25) is 0 Å². The Bertz CT molecular complexity index is 589. The molecule has 0 N–H and O–H groups in total. The van der Waals surface area contributed by atoms with Gasteiger partial charge in [0.05, 0.1) is 5.38 Å². The van der Waals surface area contributed by atoms with E-state index in [0.29, 0.717) is 11.8 Å². The molecule has 0 amide bonds.